The number of rotatable bonds is 2. The van der Waals surface area contributed by atoms with Crippen LogP contribution in [0.1, 0.15) is 41.2 Å². The van der Waals surface area contributed by atoms with Gasteiger partial charge in [-0.2, -0.15) is 0 Å². The Bertz CT molecular complexity index is 776. The average molecular weight is 322 g/mol. The van der Waals surface area contributed by atoms with E-state index in [4.69, 9.17) is 0 Å². The van der Waals surface area contributed by atoms with Crippen molar-refractivity contribution in [3.05, 3.63) is 29.8 Å². The lowest BCUT2D eigenvalue weighted by Gasteiger charge is -2.29. The monoisotopic (exact) mass is 322 g/mol. The van der Waals surface area contributed by atoms with Gasteiger partial charge >= 0.3 is 0 Å². The van der Waals surface area contributed by atoms with Gasteiger partial charge in [0.05, 0.1) is 12.0 Å². The summed E-state index contributed by atoms with van der Waals surface area (Å²) in [5.41, 5.74) is 0.665. The van der Waals surface area contributed by atoms with E-state index in [2.05, 4.69) is 9.97 Å². The molecule has 1 N–H and O–H groups in total. The Morgan fingerprint density at radius 1 is 1.39 bits per heavy atom. The lowest BCUT2D eigenvalue weighted by atomic mass is 10.1. The van der Waals surface area contributed by atoms with Gasteiger partial charge in [-0.1, -0.05) is 0 Å². The second-order valence-electron chi connectivity index (χ2n) is 6.29. The molecule has 3 heterocycles. The zero-order valence-electron chi connectivity index (χ0n) is 12.3. The van der Waals surface area contributed by atoms with E-state index >= 15 is 0 Å². The number of halogens is 2. The first-order chi connectivity index (χ1) is 10.9. The molecule has 6 nitrogen and oxygen atoms in total. The van der Waals surface area contributed by atoms with Crippen molar-refractivity contribution in [3.8, 4) is 0 Å². The fraction of sp³-hybridized carbons (Fsp3) is 0.533. The SMILES string of the molecule is O=C(c1cn2cc(C3CC3(F)F)cnc2n1)N1CCCC(O)C1. The highest BCUT2D eigenvalue weighted by atomic mass is 19.3. The quantitative estimate of drug-likeness (QED) is 0.908. The molecule has 0 aromatic carbocycles. The summed E-state index contributed by atoms with van der Waals surface area (Å²) in [5.74, 6) is -3.41. The summed E-state index contributed by atoms with van der Waals surface area (Å²) < 4.78 is 27.8. The zero-order chi connectivity index (χ0) is 16.2. The molecular weight excluding hydrogens is 306 g/mol. The van der Waals surface area contributed by atoms with Crippen LogP contribution in [0.15, 0.2) is 18.6 Å². The van der Waals surface area contributed by atoms with Crippen LogP contribution in [0.25, 0.3) is 5.78 Å². The van der Waals surface area contributed by atoms with Gasteiger partial charge in [-0.15, -0.1) is 0 Å². The fourth-order valence-corrected chi connectivity index (χ4v) is 3.06. The Balaban J connectivity index is 1.60. The molecule has 2 unspecified atom stereocenters. The molecule has 2 aliphatic rings. The predicted molar refractivity (Wildman–Crippen MR) is 76.4 cm³/mol. The summed E-state index contributed by atoms with van der Waals surface area (Å²) in [6.07, 6.45) is 5.23. The van der Waals surface area contributed by atoms with E-state index in [9.17, 15) is 18.7 Å². The highest BCUT2D eigenvalue weighted by molar-refractivity contribution is 5.92. The number of amides is 1. The van der Waals surface area contributed by atoms with Crippen molar-refractivity contribution in [2.75, 3.05) is 13.1 Å². The lowest BCUT2D eigenvalue weighted by molar-refractivity contribution is 0.0469. The highest BCUT2D eigenvalue weighted by Gasteiger charge is 2.57. The van der Waals surface area contributed by atoms with E-state index in [0.717, 1.165) is 6.42 Å². The first-order valence-corrected chi connectivity index (χ1v) is 7.64. The highest BCUT2D eigenvalue weighted by Crippen LogP contribution is 2.55. The molecule has 23 heavy (non-hydrogen) atoms. The maximum atomic E-state index is 13.2. The van der Waals surface area contributed by atoms with Gasteiger partial charge in [0.1, 0.15) is 5.69 Å². The molecule has 1 aliphatic heterocycles. The van der Waals surface area contributed by atoms with Crippen LogP contribution < -0.4 is 0 Å². The topological polar surface area (TPSA) is 70.7 Å². The van der Waals surface area contributed by atoms with Gasteiger partial charge in [0.15, 0.2) is 0 Å². The number of aromatic nitrogens is 3. The van der Waals surface area contributed by atoms with Gasteiger partial charge in [-0.05, 0) is 18.4 Å². The number of hydrogen-bond donors (Lipinski definition) is 1. The Labute approximate surface area is 130 Å². The predicted octanol–water partition coefficient (Wildman–Crippen LogP) is 1.45. The number of imidazole rings is 1. The number of aliphatic hydroxyl groups is 1. The van der Waals surface area contributed by atoms with E-state index in [1.54, 1.807) is 11.1 Å². The maximum absolute atomic E-state index is 13.2. The molecule has 1 saturated heterocycles. The van der Waals surface area contributed by atoms with Gasteiger partial charge in [0, 0.05) is 38.1 Å². The molecule has 1 saturated carbocycles. The summed E-state index contributed by atoms with van der Waals surface area (Å²) in [6.45, 7) is 0.871. The maximum Gasteiger partial charge on any atom is 0.274 e. The van der Waals surface area contributed by atoms with Crippen molar-refractivity contribution < 1.29 is 18.7 Å². The van der Waals surface area contributed by atoms with Crippen molar-refractivity contribution in [1.29, 1.82) is 0 Å². The standard InChI is InChI=1S/C15H16F2N4O2/c16-15(17)4-11(15)9-5-18-14-19-12(8-21(14)6-9)13(23)20-3-1-2-10(22)7-20/h5-6,8,10-11,22H,1-4,7H2. The molecule has 2 atom stereocenters. The number of carbonyl (C=O) groups excluding carboxylic acids is 1. The molecule has 0 spiro atoms. The molecule has 4 rings (SSSR count). The van der Waals surface area contributed by atoms with Gasteiger partial charge < -0.3 is 10.0 Å². The smallest absolute Gasteiger partial charge is 0.274 e. The molecule has 2 fully saturated rings. The van der Waals surface area contributed by atoms with Crippen LogP contribution in [-0.4, -0.2) is 55.4 Å². The molecule has 2 aromatic heterocycles. The fourth-order valence-electron chi connectivity index (χ4n) is 3.06. The Morgan fingerprint density at radius 2 is 2.17 bits per heavy atom. The minimum absolute atomic E-state index is 0.160. The number of fused-ring (bicyclic) bond motifs is 1. The van der Waals surface area contributed by atoms with Gasteiger partial charge in [-0.25, -0.2) is 18.7 Å². The number of hydrogen-bond acceptors (Lipinski definition) is 4. The zero-order valence-corrected chi connectivity index (χ0v) is 12.3. The van der Waals surface area contributed by atoms with Gasteiger partial charge in [0.2, 0.25) is 5.78 Å². The summed E-state index contributed by atoms with van der Waals surface area (Å²) in [7, 11) is 0. The third-order valence-corrected chi connectivity index (χ3v) is 4.46. The summed E-state index contributed by atoms with van der Waals surface area (Å²) in [6, 6.07) is 0. The first kappa shape index (κ1) is 14.5. The summed E-state index contributed by atoms with van der Waals surface area (Å²) in [5, 5.41) is 9.67. The van der Waals surface area contributed by atoms with Gasteiger partial charge in [-0.3, -0.25) is 9.20 Å². The van der Waals surface area contributed by atoms with Crippen molar-refractivity contribution in [2.24, 2.45) is 0 Å². The minimum Gasteiger partial charge on any atom is -0.391 e. The van der Waals surface area contributed by atoms with Crippen LogP contribution in [0.2, 0.25) is 0 Å². The average Bonchev–Trinajstić information content (AvgIpc) is 2.96. The molecule has 8 heteroatoms. The van der Waals surface area contributed by atoms with Crippen LogP contribution >= 0.6 is 0 Å². The van der Waals surface area contributed by atoms with Crippen LogP contribution in [0.4, 0.5) is 8.78 Å². The van der Waals surface area contributed by atoms with Crippen LogP contribution in [0.3, 0.4) is 0 Å². The largest absolute Gasteiger partial charge is 0.391 e. The molecule has 1 amide bonds. The van der Waals surface area contributed by atoms with Crippen LogP contribution in [0, 0.1) is 0 Å². The van der Waals surface area contributed by atoms with E-state index in [-0.39, 0.29) is 18.0 Å². The second-order valence-corrected chi connectivity index (χ2v) is 6.29. The Morgan fingerprint density at radius 3 is 2.87 bits per heavy atom. The normalized spacial score (nSPS) is 26.5. The van der Waals surface area contributed by atoms with Crippen LogP contribution in [0.5, 0.6) is 0 Å². The van der Waals surface area contributed by atoms with E-state index < -0.39 is 17.9 Å². The van der Waals surface area contributed by atoms with E-state index in [1.165, 1.54) is 16.8 Å². The van der Waals surface area contributed by atoms with Crippen molar-refractivity contribution in [2.45, 2.75) is 37.2 Å². The number of nitrogens with zero attached hydrogens (tertiary/aromatic N) is 4. The third kappa shape index (κ3) is 2.56. The number of piperidine rings is 1. The first-order valence-electron chi connectivity index (χ1n) is 7.64. The number of carbonyl (C=O) groups is 1. The van der Waals surface area contributed by atoms with Crippen LogP contribution in [-0.2, 0) is 0 Å². The molecule has 0 bridgehead atoms. The Kier molecular flexibility index (Phi) is 3.12. The molecule has 2 aromatic rings. The van der Waals surface area contributed by atoms with Crippen molar-refractivity contribution in [3.63, 3.8) is 0 Å². The van der Waals surface area contributed by atoms with Crippen molar-refractivity contribution >= 4 is 11.7 Å². The second kappa shape index (κ2) is 4.95. The molecule has 122 valence electrons. The molecule has 0 radical (unpaired) electrons. The third-order valence-electron chi connectivity index (χ3n) is 4.46. The number of β-amino-alcohol motifs (C(OH)–C–C–N with tert-alkyl or cyclic N) is 1. The molecular formula is C15H16F2N4O2. The number of alkyl halides is 2. The summed E-state index contributed by atoms with van der Waals surface area (Å²) in [4.78, 5) is 22.2. The summed E-state index contributed by atoms with van der Waals surface area (Å²) >= 11 is 0. The number of likely N-dealkylation sites (tertiary alicyclic amines) is 1. The number of aliphatic hydroxyl groups excluding tert-OH is 1. The van der Waals surface area contributed by atoms with E-state index in [0.29, 0.717) is 30.9 Å². The molecule has 1 aliphatic carbocycles. The van der Waals surface area contributed by atoms with Gasteiger partial charge in [0.25, 0.3) is 11.8 Å². The lowest BCUT2D eigenvalue weighted by Crippen LogP contribution is -2.42. The minimum atomic E-state index is -2.65. The van der Waals surface area contributed by atoms with E-state index in [1.807, 2.05) is 0 Å². The Hall–Kier alpha value is -2.09. The van der Waals surface area contributed by atoms with Crippen molar-refractivity contribution in [1.82, 2.24) is 19.3 Å².